The van der Waals surface area contributed by atoms with Crippen LogP contribution in [0.4, 0.5) is 5.69 Å². The number of Topliss-reactive ketones (excluding diaryl/α,β-unsaturated/α-hetero) is 1. The molecular formula is C41H56N4O11. The third kappa shape index (κ3) is 7.96. The van der Waals surface area contributed by atoms with Crippen molar-refractivity contribution in [3.63, 3.8) is 0 Å². The maximum absolute atomic E-state index is 14.3. The summed E-state index contributed by atoms with van der Waals surface area (Å²) in [6.45, 7) is 13.8. The molecule has 306 valence electrons. The number of nitrogens with one attached hydrogen (secondary N) is 1. The van der Waals surface area contributed by atoms with E-state index in [2.05, 4.69) is 15.3 Å². The van der Waals surface area contributed by atoms with Gasteiger partial charge in [0.1, 0.15) is 17.2 Å². The van der Waals surface area contributed by atoms with Crippen molar-refractivity contribution in [3.8, 4) is 23.0 Å². The molecule has 15 nitrogen and oxygen atoms in total. The first-order valence-corrected chi connectivity index (χ1v) is 18.9. The Morgan fingerprint density at radius 1 is 0.893 bits per heavy atom. The van der Waals surface area contributed by atoms with Gasteiger partial charge in [-0.25, -0.2) is 0 Å². The summed E-state index contributed by atoms with van der Waals surface area (Å²) in [5.41, 5.74) is -0.290. The van der Waals surface area contributed by atoms with E-state index in [4.69, 9.17) is 14.2 Å². The number of phenols is 3. The first kappa shape index (κ1) is 42.5. The number of rotatable bonds is 3. The molecule has 1 amide bonds. The number of methoxy groups -OCH3 is 1. The van der Waals surface area contributed by atoms with Crippen molar-refractivity contribution in [2.45, 2.75) is 78.7 Å². The van der Waals surface area contributed by atoms with Gasteiger partial charge in [0.05, 0.1) is 59.1 Å². The molecule has 4 heterocycles. The Morgan fingerprint density at radius 2 is 1.52 bits per heavy atom. The fourth-order valence-electron chi connectivity index (χ4n) is 7.53. The van der Waals surface area contributed by atoms with E-state index in [0.29, 0.717) is 13.1 Å². The largest absolute Gasteiger partial charge is 0.507 e. The topological polar surface area (TPSA) is 214 Å². The van der Waals surface area contributed by atoms with E-state index in [1.165, 1.54) is 52.5 Å². The van der Waals surface area contributed by atoms with Crippen LogP contribution >= 0.6 is 0 Å². The van der Waals surface area contributed by atoms with Gasteiger partial charge in [-0.05, 0) is 27.0 Å². The molecule has 2 aromatic rings. The highest BCUT2D eigenvalue weighted by Crippen LogP contribution is 2.55. The first-order valence-electron chi connectivity index (χ1n) is 18.9. The summed E-state index contributed by atoms with van der Waals surface area (Å²) in [7, 11) is 3.43. The molecule has 0 unspecified atom stereocenters. The molecule has 1 fully saturated rings. The fourth-order valence-corrected chi connectivity index (χ4v) is 7.53. The Bertz CT molecular complexity index is 1950. The highest BCUT2D eigenvalue weighted by atomic mass is 16.7. The van der Waals surface area contributed by atoms with Crippen LogP contribution in [0.5, 0.6) is 23.0 Å². The molecule has 56 heavy (non-hydrogen) atoms. The van der Waals surface area contributed by atoms with Crippen LogP contribution in [-0.4, -0.2) is 129 Å². The smallest absolute Gasteiger partial charge is 0.312 e. The predicted octanol–water partition coefficient (Wildman–Crippen LogP) is 3.76. The molecule has 2 aromatic carbocycles. The summed E-state index contributed by atoms with van der Waals surface area (Å²) < 4.78 is 17.7. The molecule has 0 radical (unpaired) electrons. The summed E-state index contributed by atoms with van der Waals surface area (Å²) in [5, 5.41) is 77.6. The van der Waals surface area contributed by atoms with Crippen LogP contribution in [-0.2, 0) is 14.3 Å². The number of phenolic OH excluding ortho intramolecular Hbond substituents is 3. The minimum absolute atomic E-state index is 0.0688. The lowest BCUT2D eigenvalue weighted by molar-refractivity contribution is -0.112. The summed E-state index contributed by atoms with van der Waals surface area (Å²) in [6, 6.07) is 0. The highest BCUT2D eigenvalue weighted by molar-refractivity contribution is 6.23. The number of aliphatic hydroxyl groups excluding tert-OH is 3. The molecule has 4 aliphatic rings. The maximum Gasteiger partial charge on any atom is 0.312 e. The van der Waals surface area contributed by atoms with Crippen molar-refractivity contribution in [3.05, 3.63) is 52.8 Å². The Morgan fingerprint density at radius 3 is 2.16 bits per heavy atom. The lowest BCUT2D eigenvalue weighted by Crippen LogP contribution is -2.44. The van der Waals surface area contributed by atoms with Gasteiger partial charge >= 0.3 is 5.79 Å². The van der Waals surface area contributed by atoms with Crippen molar-refractivity contribution in [2.75, 3.05) is 45.7 Å². The zero-order valence-corrected chi connectivity index (χ0v) is 33.5. The van der Waals surface area contributed by atoms with Gasteiger partial charge in [0.15, 0.2) is 5.75 Å². The summed E-state index contributed by atoms with van der Waals surface area (Å²) >= 11 is 0. The molecule has 4 aliphatic heterocycles. The number of ketones is 1. The number of amides is 1. The number of hydrazone groups is 1. The Hall–Kier alpha value is -4.67. The first-order chi connectivity index (χ1) is 26.3. The highest BCUT2D eigenvalue weighted by Gasteiger charge is 2.50. The third-order valence-corrected chi connectivity index (χ3v) is 11.6. The van der Waals surface area contributed by atoms with E-state index in [1.807, 2.05) is 7.05 Å². The third-order valence-electron chi connectivity index (χ3n) is 11.6. The van der Waals surface area contributed by atoms with Crippen LogP contribution in [0.15, 0.2) is 41.2 Å². The van der Waals surface area contributed by atoms with Crippen LogP contribution in [0, 0.1) is 30.6 Å². The fraction of sp³-hybridized carbons (Fsp3) is 0.537. The van der Waals surface area contributed by atoms with Crippen molar-refractivity contribution >= 4 is 34.4 Å². The molecule has 0 aromatic heterocycles. The average Bonchev–Trinajstić information content (AvgIpc) is 3.44. The number of hydrogen-bond acceptors (Lipinski definition) is 14. The van der Waals surface area contributed by atoms with Gasteiger partial charge in [0, 0.05) is 80.4 Å². The lowest BCUT2D eigenvalue weighted by Gasteiger charge is -2.36. The minimum Gasteiger partial charge on any atom is -0.507 e. The molecule has 9 atom stereocenters. The Kier molecular flexibility index (Phi) is 12.8. The molecule has 7 N–H and O–H groups in total. The van der Waals surface area contributed by atoms with Gasteiger partial charge < -0.3 is 55.1 Å². The number of allylic oxidation sites excluding steroid dienone is 2. The van der Waals surface area contributed by atoms with E-state index >= 15 is 0 Å². The summed E-state index contributed by atoms with van der Waals surface area (Å²) in [6.07, 6.45) is 4.79. The Balaban J connectivity index is 1.70. The summed E-state index contributed by atoms with van der Waals surface area (Å²) in [4.78, 5) is 30.1. The number of piperazine rings is 1. The van der Waals surface area contributed by atoms with E-state index in [-0.39, 0.29) is 44.5 Å². The second kappa shape index (κ2) is 16.8. The number of fused-ring (bicyclic) bond motifs is 14. The number of aromatic hydroxyl groups is 3. The number of ether oxygens (including phenoxy) is 3. The number of carbonyl (C=O) groups is 2. The molecule has 15 heteroatoms. The summed E-state index contributed by atoms with van der Waals surface area (Å²) in [5.74, 6) is -7.59. The molecular weight excluding hydrogens is 724 g/mol. The normalized spacial score (nSPS) is 33.3. The number of hydrogen-bond donors (Lipinski definition) is 7. The van der Waals surface area contributed by atoms with E-state index in [0.717, 1.165) is 13.1 Å². The quantitative estimate of drug-likeness (QED) is 0.134. The van der Waals surface area contributed by atoms with Gasteiger partial charge in [0.2, 0.25) is 0 Å². The molecule has 0 aliphatic carbocycles. The second-order valence-electron chi connectivity index (χ2n) is 15.5. The van der Waals surface area contributed by atoms with Crippen molar-refractivity contribution in [2.24, 2.45) is 28.8 Å². The Labute approximate surface area is 327 Å². The van der Waals surface area contributed by atoms with Crippen LogP contribution in [0.1, 0.15) is 63.0 Å². The van der Waals surface area contributed by atoms with Gasteiger partial charge in [-0.2, -0.15) is 5.10 Å². The average molecular weight is 781 g/mol. The van der Waals surface area contributed by atoms with Crippen molar-refractivity contribution < 1.29 is 54.4 Å². The molecule has 5 bridgehead atoms. The van der Waals surface area contributed by atoms with Crippen LogP contribution in [0.25, 0.3) is 10.8 Å². The molecule has 0 spiro atoms. The molecule has 0 saturated carbocycles. The number of aliphatic hydroxyl groups is 3. The number of anilines is 1. The van der Waals surface area contributed by atoms with Gasteiger partial charge in [-0.15, -0.1) is 0 Å². The predicted molar refractivity (Wildman–Crippen MR) is 211 cm³/mol. The van der Waals surface area contributed by atoms with Gasteiger partial charge in [-0.1, -0.05) is 45.9 Å². The SMILES string of the molecule is CO[C@H]1/C=C/O[C@@]2(C)Oc3c(C)c(O)c4c(O)c(c(/C=N/N5CCN(C)CC5)c(O)c4c3C2=O)NC(=O)/C(C)=C\C=C\[C@H](C)[C@H](O)[C@@H](C)[C@@H](O)[C@@H](C)[C@H](O)[C@@H]1C. The molecule has 6 rings (SSSR count). The second-order valence-corrected chi connectivity index (χ2v) is 15.5. The van der Waals surface area contributed by atoms with Crippen molar-refractivity contribution in [1.82, 2.24) is 9.91 Å². The van der Waals surface area contributed by atoms with Crippen LogP contribution in [0.2, 0.25) is 0 Å². The number of likely N-dealkylation sites (N-methyl/N-ethyl adjacent to an activating group) is 1. The van der Waals surface area contributed by atoms with Crippen LogP contribution < -0.4 is 10.1 Å². The van der Waals surface area contributed by atoms with Crippen molar-refractivity contribution in [1.29, 1.82) is 0 Å². The lowest BCUT2D eigenvalue weighted by atomic mass is 9.78. The number of carbonyl (C=O) groups excluding carboxylic acids is 2. The zero-order chi connectivity index (χ0) is 41.4. The number of nitrogens with zero attached hydrogens (tertiary/aromatic N) is 3. The zero-order valence-electron chi connectivity index (χ0n) is 33.5. The minimum atomic E-state index is -2.01. The van der Waals surface area contributed by atoms with E-state index < -0.39 is 82.8 Å². The van der Waals surface area contributed by atoms with E-state index in [1.54, 1.807) is 44.9 Å². The van der Waals surface area contributed by atoms with Gasteiger partial charge in [-0.3, -0.25) is 14.6 Å². The van der Waals surface area contributed by atoms with Gasteiger partial charge in [0.25, 0.3) is 11.7 Å². The maximum atomic E-state index is 14.3. The van der Waals surface area contributed by atoms with E-state index in [9.17, 15) is 40.2 Å². The standard InChI is InChI=1S/C41H56N4O11/c1-20-11-10-12-21(2)40(53)43-31-26(19-42-45-16-14-44(8)15-17-45)36(50)28-29(37(31)51)35(49)25(6)38-30(28)39(52)41(7,56-38)55-18-13-27(54-9)22(3)33(47)24(5)34(48)23(4)32(20)46/h10-13,18-20,22-24,27,32-34,46-51H,14-17H2,1-9H3,(H,43,53)/b11-10+,18-13+,21-12-,42-19+/t20-,22+,23+,24-,27-,32-,33+,34+,41-/m0/s1. The monoisotopic (exact) mass is 780 g/mol. The van der Waals surface area contributed by atoms with Crippen LogP contribution in [0.3, 0.4) is 0 Å². The number of benzene rings is 2. The molecule has 1 saturated heterocycles.